The van der Waals surface area contributed by atoms with Crippen LogP contribution in [0.5, 0.6) is 0 Å². The first-order chi connectivity index (χ1) is 6.88. The molecule has 1 aliphatic heterocycles. The minimum Gasteiger partial charge on any atom is -0.305 e. The van der Waals surface area contributed by atoms with Crippen LogP contribution in [0.4, 0.5) is 0 Å². The minimum absolute atomic E-state index is 0.699. The van der Waals surface area contributed by atoms with Crippen LogP contribution < -0.4 is 5.32 Å². The molecule has 1 saturated heterocycles. The van der Waals surface area contributed by atoms with Crippen molar-refractivity contribution in [3.05, 3.63) is 0 Å². The fourth-order valence-electron chi connectivity index (χ4n) is 2.20. The van der Waals surface area contributed by atoms with Crippen molar-refractivity contribution in [3.8, 4) is 12.3 Å². The molecule has 1 fully saturated rings. The number of likely N-dealkylation sites (tertiary alicyclic amines) is 1. The molecule has 1 rings (SSSR count). The van der Waals surface area contributed by atoms with E-state index in [4.69, 9.17) is 6.42 Å². The normalized spacial score (nSPS) is 23.3. The summed E-state index contributed by atoms with van der Waals surface area (Å²) in [7, 11) is 0. The van der Waals surface area contributed by atoms with Crippen molar-refractivity contribution in [2.24, 2.45) is 0 Å². The van der Waals surface area contributed by atoms with E-state index >= 15 is 0 Å². The summed E-state index contributed by atoms with van der Waals surface area (Å²) in [5, 5.41) is 3.25. The second-order valence-electron chi connectivity index (χ2n) is 3.97. The van der Waals surface area contributed by atoms with Crippen LogP contribution in [-0.2, 0) is 0 Å². The largest absolute Gasteiger partial charge is 0.305 e. The number of hydrogen-bond donors (Lipinski definition) is 1. The number of terminal acetylenes is 1. The van der Waals surface area contributed by atoms with Crippen LogP contribution in [0.2, 0.25) is 0 Å². The molecule has 0 bridgehead atoms. The summed E-state index contributed by atoms with van der Waals surface area (Å²) in [5.74, 6) is 2.60. The average molecular weight is 194 g/mol. The lowest BCUT2D eigenvalue weighted by molar-refractivity contribution is 0.145. The highest BCUT2D eigenvalue weighted by atomic mass is 15.2. The van der Waals surface area contributed by atoms with Crippen molar-refractivity contribution >= 4 is 0 Å². The second kappa shape index (κ2) is 6.86. The van der Waals surface area contributed by atoms with Crippen LogP contribution in [0.25, 0.3) is 0 Å². The predicted molar refractivity (Wildman–Crippen MR) is 61.2 cm³/mol. The van der Waals surface area contributed by atoms with Crippen LogP contribution in [0, 0.1) is 12.3 Å². The fraction of sp³-hybridized carbons (Fsp3) is 0.833. The van der Waals surface area contributed by atoms with Gasteiger partial charge in [0, 0.05) is 19.1 Å². The van der Waals surface area contributed by atoms with E-state index in [-0.39, 0.29) is 0 Å². The van der Waals surface area contributed by atoms with Gasteiger partial charge >= 0.3 is 0 Å². The van der Waals surface area contributed by atoms with Gasteiger partial charge in [-0.05, 0) is 25.8 Å². The highest BCUT2D eigenvalue weighted by Gasteiger charge is 2.19. The third kappa shape index (κ3) is 3.69. The third-order valence-corrected chi connectivity index (χ3v) is 3.02. The Kier molecular flexibility index (Phi) is 5.66. The van der Waals surface area contributed by atoms with Gasteiger partial charge in [0.05, 0.1) is 6.54 Å². The summed E-state index contributed by atoms with van der Waals surface area (Å²) >= 11 is 0. The van der Waals surface area contributed by atoms with Gasteiger partial charge in [0.1, 0.15) is 0 Å². The van der Waals surface area contributed by atoms with E-state index in [9.17, 15) is 0 Å². The zero-order valence-corrected chi connectivity index (χ0v) is 9.26. The van der Waals surface area contributed by atoms with Crippen LogP contribution in [0.3, 0.4) is 0 Å². The molecule has 1 heterocycles. The van der Waals surface area contributed by atoms with Crippen molar-refractivity contribution in [1.29, 1.82) is 0 Å². The van der Waals surface area contributed by atoms with E-state index in [1.165, 1.54) is 32.2 Å². The van der Waals surface area contributed by atoms with Crippen LogP contribution in [0.1, 0.15) is 32.6 Å². The monoisotopic (exact) mass is 194 g/mol. The molecule has 0 aliphatic carbocycles. The molecule has 0 aromatic rings. The van der Waals surface area contributed by atoms with Gasteiger partial charge in [-0.2, -0.15) is 0 Å². The molecule has 1 atom stereocenters. The lowest BCUT2D eigenvalue weighted by Gasteiger charge is -2.35. The van der Waals surface area contributed by atoms with Crippen molar-refractivity contribution in [2.75, 3.05) is 26.2 Å². The Balaban J connectivity index is 2.17. The molecule has 0 spiro atoms. The molecule has 0 radical (unpaired) electrons. The quantitative estimate of drug-likeness (QED) is 0.527. The SMILES string of the molecule is C#CCNCCN1CCCCC1CC. The zero-order valence-electron chi connectivity index (χ0n) is 9.26. The highest BCUT2D eigenvalue weighted by Crippen LogP contribution is 2.18. The Morgan fingerprint density at radius 2 is 2.36 bits per heavy atom. The maximum atomic E-state index is 5.18. The van der Waals surface area contributed by atoms with Crippen molar-refractivity contribution in [2.45, 2.75) is 38.6 Å². The Hall–Kier alpha value is -0.520. The van der Waals surface area contributed by atoms with E-state index in [1.54, 1.807) is 0 Å². The van der Waals surface area contributed by atoms with Crippen molar-refractivity contribution in [3.63, 3.8) is 0 Å². The van der Waals surface area contributed by atoms with E-state index in [1.807, 2.05) is 0 Å². The molecular weight excluding hydrogens is 172 g/mol. The van der Waals surface area contributed by atoms with Crippen LogP contribution >= 0.6 is 0 Å². The number of nitrogens with one attached hydrogen (secondary N) is 1. The standard InChI is InChI=1S/C12H22N2/c1-3-8-13-9-11-14-10-6-5-7-12(14)4-2/h1,12-13H,4-11H2,2H3. The van der Waals surface area contributed by atoms with Crippen molar-refractivity contribution in [1.82, 2.24) is 10.2 Å². The summed E-state index contributed by atoms with van der Waals surface area (Å²) < 4.78 is 0. The molecular formula is C12H22N2. The maximum Gasteiger partial charge on any atom is 0.0574 e. The Morgan fingerprint density at radius 1 is 1.50 bits per heavy atom. The smallest absolute Gasteiger partial charge is 0.0574 e. The van der Waals surface area contributed by atoms with Crippen LogP contribution in [-0.4, -0.2) is 37.1 Å². The van der Waals surface area contributed by atoms with E-state index in [0.29, 0.717) is 6.54 Å². The first-order valence-corrected chi connectivity index (χ1v) is 5.76. The predicted octanol–water partition coefficient (Wildman–Crippen LogP) is 1.47. The van der Waals surface area contributed by atoms with Gasteiger partial charge in [-0.3, -0.25) is 4.90 Å². The summed E-state index contributed by atoms with van der Waals surface area (Å²) in [4.78, 5) is 2.60. The fourth-order valence-corrected chi connectivity index (χ4v) is 2.20. The Bertz CT molecular complexity index is 183. The maximum absolute atomic E-state index is 5.18. The van der Waals surface area contributed by atoms with Gasteiger partial charge in [-0.25, -0.2) is 0 Å². The van der Waals surface area contributed by atoms with Crippen LogP contribution in [0.15, 0.2) is 0 Å². The topological polar surface area (TPSA) is 15.3 Å². The lowest BCUT2D eigenvalue weighted by Crippen LogP contribution is -2.42. The summed E-state index contributed by atoms with van der Waals surface area (Å²) in [6.45, 7) is 6.44. The lowest BCUT2D eigenvalue weighted by atomic mass is 10.0. The molecule has 1 aliphatic rings. The molecule has 2 nitrogen and oxygen atoms in total. The average Bonchev–Trinajstić information content (AvgIpc) is 2.25. The molecule has 1 unspecified atom stereocenters. The minimum atomic E-state index is 0.699. The number of rotatable bonds is 5. The molecule has 0 amide bonds. The number of nitrogens with zero attached hydrogens (tertiary/aromatic N) is 1. The third-order valence-electron chi connectivity index (χ3n) is 3.02. The van der Waals surface area contributed by atoms with Gasteiger partial charge in [0.15, 0.2) is 0 Å². The van der Waals surface area contributed by atoms with Gasteiger partial charge in [-0.1, -0.05) is 19.3 Å². The number of hydrogen-bond acceptors (Lipinski definition) is 2. The summed E-state index contributed by atoms with van der Waals surface area (Å²) in [6, 6.07) is 0.816. The summed E-state index contributed by atoms with van der Waals surface area (Å²) in [6.07, 6.45) is 10.6. The molecule has 0 aromatic carbocycles. The molecule has 14 heavy (non-hydrogen) atoms. The van der Waals surface area contributed by atoms with E-state index in [0.717, 1.165) is 19.1 Å². The Morgan fingerprint density at radius 3 is 3.07 bits per heavy atom. The highest BCUT2D eigenvalue weighted by molar-refractivity contribution is 4.86. The zero-order chi connectivity index (χ0) is 10.2. The first-order valence-electron chi connectivity index (χ1n) is 5.76. The van der Waals surface area contributed by atoms with Gasteiger partial charge in [0.2, 0.25) is 0 Å². The van der Waals surface area contributed by atoms with Gasteiger partial charge in [-0.15, -0.1) is 6.42 Å². The Labute approximate surface area is 88.1 Å². The van der Waals surface area contributed by atoms with Gasteiger partial charge in [0.25, 0.3) is 0 Å². The van der Waals surface area contributed by atoms with E-state index < -0.39 is 0 Å². The van der Waals surface area contributed by atoms with Crippen molar-refractivity contribution < 1.29 is 0 Å². The molecule has 1 N–H and O–H groups in total. The first kappa shape index (κ1) is 11.6. The molecule has 0 aromatic heterocycles. The number of piperidine rings is 1. The molecule has 0 saturated carbocycles. The van der Waals surface area contributed by atoms with Gasteiger partial charge < -0.3 is 5.32 Å². The second-order valence-corrected chi connectivity index (χ2v) is 3.97. The molecule has 80 valence electrons. The summed E-state index contributed by atoms with van der Waals surface area (Å²) in [5.41, 5.74) is 0. The molecule has 2 heteroatoms. The van der Waals surface area contributed by atoms with E-state index in [2.05, 4.69) is 23.1 Å².